The van der Waals surface area contributed by atoms with Gasteiger partial charge in [0.25, 0.3) is 6.43 Å². The van der Waals surface area contributed by atoms with Gasteiger partial charge in [-0.15, -0.1) is 0 Å². The maximum absolute atomic E-state index is 12.6. The molecule has 0 aromatic carbocycles. The number of aromatic nitrogens is 1. The topological polar surface area (TPSA) is 39.2 Å². The summed E-state index contributed by atoms with van der Waals surface area (Å²) in [6.07, 6.45) is -2.71. The fraction of sp³-hybridized carbons (Fsp3) is 0.333. The van der Waals surface area contributed by atoms with Gasteiger partial charge in [-0.1, -0.05) is 0 Å². The number of hydrogen-bond acceptors (Lipinski definition) is 3. The molecule has 0 atom stereocenters. The molecule has 0 aliphatic carbocycles. The first-order valence-electron chi connectivity index (χ1n) is 4.28. The molecule has 0 spiro atoms. The molecule has 0 aliphatic heterocycles. The number of nitrogens with zero attached hydrogens (tertiary/aromatic N) is 1. The third kappa shape index (κ3) is 2.98. The SMILES string of the molecule is CCOC(=O)c1cc(C(F)F)c(Br)nc1Br. The van der Waals surface area contributed by atoms with Gasteiger partial charge in [0.2, 0.25) is 0 Å². The molecule has 0 bridgehead atoms. The Balaban J connectivity index is 3.19. The molecule has 0 aliphatic rings. The second-order valence-corrected chi connectivity index (χ2v) is 4.23. The zero-order valence-electron chi connectivity index (χ0n) is 8.14. The van der Waals surface area contributed by atoms with E-state index in [1.165, 1.54) is 0 Å². The van der Waals surface area contributed by atoms with Crippen LogP contribution in [0.2, 0.25) is 0 Å². The quantitative estimate of drug-likeness (QED) is 0.610. The van der Waals surface area contributed by atoms with E-state index in [2.05, 4.69) is 36.8 Å². The molecule has 16 heavy (non-hydrogen) atoms. The van der Waals surface area contributed by atoms with E-state index >= 15 is 0 Å². The number of rotatable bonds is 3. The van der Waals surface area contributed by atoms with Crippen LogP contribution >= 0.6 is 31.9 Å². The van der Waals surface area contributed by atoms with Gasteiger partial charge in [0, 0.05) is 0 Å². The lowest BCUT2D eigenvalue weighted by Crippen LogP contribution is -2.08. The van der Waals surface area contributed by atoms with E-state index in [0.29, 0.717) is 0 Å². The molecule has 7 heteroatoms. The van der Waals surface area contributed by atoms with Crippen LogP contribution < -0.4 is 0 Å². The van der Waals surface area contributed by atoms with Crippen molar-refractivity contribution in [2.75, 3.05) is 6.61 Å². The Kier molecular flexibility index (Phi) is 4.79. The summed E-state index contributed by atoms with van der Waals surface area (Å²) in [5.41, 5.74) is -0.355. The largest absolute Gasteiger partial charge is 0.462 e. The molecule has 0 unspecified atom stereocenters. The monoisotopic (exact) mass is 357 g/mol. The van der Waals surface area contributed by atoms with Crippen molar-refractivity contribution in [1.29, 1.82) is 0 Å². The number of alkyl halides is 2. The number of carbonyl (C=O) groups excluding carboxylic acids is 1. The van der Waals surface area contributed by atoms with Gasteiger partial charge in [-0.25, -0.2) is 18.6 Å². The Labute approximate surface area is 107 Å². The van der Waals surface area contributed by atoms with Crippen molar-refractivity contribution in [3.63, 3.8) is 0 Å². The molecule has 88 valence electrons. The number of pyridine rings is 1. The summed E-state index contributed by atoms with van der Waals surface area (Å²) in [5.74, 6) is -0.684. The maximum Gasteiger partial charge on any atom is 0.340 e. The van der Waals surface area contributed by atoms with Crippen LogP contribution in [0.4, 0.5) is 8.78 Å². The highest BCUT2D eigenvalue weighted by Crippen LogP contribution is 2.30. The van der Waals surface area contributed by atoms with Gasteiger partial charge >= 0.3 is 5.97 Å². The van der Waals surface area contributed by atoms with Crippen molar-refractivity contribution in [2.24, 2.45) is 0 Å². The molecule has 1 heterocycles. The average Bonchev–Trinajstić information content (AvgIpc) is 2.17. The number of halogens is 4. The fourth-order valence-electron chi connectivity index (χ4n) is 0.991. The smallest absolute Gasteiger partial charge is 0.340 e. The van der Waals surface area contributed by atoms with E-state index in [-0.39, 0.29) is 26.9 Å². The lowest BCUT2D eigenvalue weighted by atomic mass is 10.2. The third-order valence-corrected chi connectivity index (χ3v) is 2.93. The Morgan fingerprint density at radius 1 is 1.50 bits per heavy atom. The Bertz CT molecular complexity index is 413. The second kappa shape index (κ2) is 5.67. The molecule has 1 rings (SSSR count). The van der Waals surface area contributed by atoms with Crippen molar-refractivity contribution in [3.05, 3.63) is 26.4 Å². The van der Waals surface area contributed by atoms with Crippen LogP contribution in [0.15, 0.2) is 15.3 Å². The van der Waals surface area contributed by atoms with Gasteiger partial charge in [-0.05, 0) is 44.8 Å². The summed E-state index contributed by atoms with van der Waals surface area (Å²) >= 11 is 5.91. The fourth-order valence-corrected chi connectivity index (χ4v) is 2.15. The minimum atomic E-state index is -2.71. The highest BCUT2D eigenvalue weighted by atomic mass is 79.9. The van der Waals surface area contributed by atoms with E-state index in [4.69, 9.17) is 4.74 Å². The lowest BCUT2D eigenvalue weighted by Gasteiger charge is -2.08. The summed E-state index contributed by atoms with van der Waals surface area (Å²) in [4.78, 5) is 15.1. The molecule has 0 saturated heterocycles. The summed E-state index contributed by atoms with van der Waals surface area (Å²) in [5, 5.41) is 0. The summed E-state index contributed by atoms with van der Waals surface area (Å²) in [6.45, 7) is 1.80. The molecule has 1 aromatic heterocycles. The lowest BCUT2D eigenvalue weighted by molar-refractivity contribution is 0.0524. The molecule has 3 nitrogen and oxygen atoms in total. The van der Waals surface area contributed by atoms with Crippen LogP contribution in [0.25, 0.3) is 0 Å². The van der Waals surface area contributed by atoms with E-state index in [1.807, 2.05) is 0 Å². The molecule has 0 amide bonds. The minimum Gasteiger partial charge on any atom is -0.462 e. The maximum atomic E-state index is 12.6. The molecular weight excluding hydrogens is 352 g/mol. The third-order valence-electron chi connectivity index (χ3n) is 1.69. The molecule has 0 N–H and O–H groups in total. The van der Waals surface area contributed by atoms with Crippen LogP contribution in [-0.4, -0.2) is 17.6 Å². The van der Waals surface area contributed by atoms with E-state index < -0.39 is 12.4 Å². The van der Waals surface area contributed by atoms with Crippen molar-refractivity contribution in [2.45, 2.75) is 13.3 Å². The van der Waals surface area contributed by atoms with E-state index in [0.717, 1.165) is 6.07 Å². The summed E-state index contributed by atoms with van der Waals surface area (Å²) < 4.78 is 30.0. The first kappa shape index (κ1) is 13.5. The molecule has 0 saturated carbocycles. The molecule has 1 aromatic rings. The Morgan fingerprint density at radius 3 is 2.62 bits per heavy atom. The number of carbonyl (C=O) groups is 1. The van der Waals surface area contributed by atoms with Crippen molar-refractivity contribution in [1.82, 2.24) is 4.98 Å². The van der Waals surface area contributed by atoms with Crippen LogP contribution in [0.5, 0.6) is 0 Å². The number of esters is 1. The Morgan fingerprint density at radius 2 is 2.12 bits per heavy atom. The summed E-state index contributed by atoms with van der Waals surface area (Å²) in [7, 11) is 0. The van der Waals surface area contributed by atoms with Gasteiger partial charge in [0.1, 0.15) is 9.21 Å². The van der Waals surface area contributed by atoms with Crippen LogP contribution in [0, 0.1) is 0 Å². The van der Waals surface area contributed by atoms with Gasteiger partial charge in [-0.3, -0.25) is 0 Å². The van der Waals surface area contributed by atoms with Gasteiger partial charge in [0.05, 0.1) is 17.7 Å². The van der Waals surface area contributed by atoms with Crippen LogP contribution in [-0.2, 0) is 4.74 Å². The standard InChI is InChI=1S/C9H7Br2F2NO2/c1-2-16-9(15)5-3-4(8(12)13)6(10)14-7(5)11/h3,8H,2H2,1H3. The first-order chi connectivity index (χ1) is 7.47. The molecule has 0 fully saturated rings. The van der Waals surface area contributed by atoms with E-state index in [9.17, 15) is 13.6 Å². The normalized spacial score (nSPS) is 10.6. The van der Waals surface area contributed by atoms with Gasteiger partial charge in [0.15, 0.2) is 0 Å². The van der Waals surface area contributed by atoms with Crippen molar-refractivity contribution >= 4 is 37.8 Å². The number of hydrogen-bond donors (Lipinski definition) is 0. The number of ether oxygens (including phenoxy) is 1. The van der Waals surface area contributed by atoms with E-state index in [1.54, 1.807) is 6.92 Å². The van der Waals surface area contributed by atoms with Gasteiger partial charge in [-0.2, -0.15) is 0 Å². The van der Waals surface area contributed by atoms with Crippen LogP contribution in [0.1, 0.15) is 29.3 Å². The van der Waals surface area contributed by atoms with Crippen molar-refractivity contribution < 1.29 is 18.3 Å². The summed E-state index contributed by atoms with van der Waals surface area (Å²) in [6, 6.07) is 1.06. The Hall–Kier alpha value is -0.560. The predicted molar refractivity (Wildman–Crippen MR) is 60.6 cm³/mol. The zero-order valence-corrected chi connectivity index (χ0v) is 11.3. The zero-order chi connectivity index (χ0) is 12.3. The minimum absolute atomic E-state index is 0.00224. The highest BCUT2D eigenvalue weighted by molar-refractivity contribution is 9.11. The van der Waals surface area contributed by atoms with Crippen molar-refractivity contribution in [3.8, 4) is 0 Å². The first-order valence-corrected chi connectivity index (χ1v) is 5.87. The average molecular weight is 359 g/mol. The highest BCUT2D eigenvalue weighted by Gasteiger charge is 2.20. The molecular formula is C9H7Br2F2NO2. The predicted octanol–water partition coefficient (Wildman–Crippen LogP) is 3.72. The van der Waals surface area contributed by atoms with Crippen LogP contribution in [0.3, 0.4) is 0 Å². The molecule has 0 radical (unpaired) electrons. The second-order valence-electron chi connectivity index (χ2n) is 2.73. The van der Waals surface area contributed by atoms with Gasteiger partial charge < -0.3 is 4.74 Å².